The van der Waals surface area contributed by atoms with Crippen LogP contribution in [0.15, 0.2) is 12.5 Å². The fraction of sp³-hybridized carbons (Fsp3) is 0.357. The molecule has 10 nitrogen and oxygen atoms in total. The van der Waals surface area contributed by atoms with E-state index >= 15 is 0 Å². The van der Waals surface area contributed by atoms with E-state index in [1.165, 1.54) is 0 Å². The maximum absolute atomic E-state index is 10.6. The van der Waals surface area contributed by atoms with E-state index in [0.717, 1.165) is 17.2 Å². The Bertz CT molecular complexity index is 969. The molecule has 0 radical (unpaired) electrons. The van der Waals surface area contributed by atoms with Gasteiger partial charge in [-0.2, -0.15) is 23.1 Å². The summed E-state index contributed by atoms with van der Waals surface area (Å²) in [6, 6.07) is 0. The molecule has 0 fully saturated rings. The van der Waals surface area contributed by atoms with E-state index in [2.05, 4.69) is 30.2 Å². The average Bonchev–Trinajstić information content (AvgIpc) is 3.18. The third-order valence-electron chi connectivity index (χ3n) is 3.40. The van der Waals surface area contributed by atoms with Crippen molar-refractivity contribution in [1.82, 2.24) is 29.5 Å². The molecule has 3 rings (SSSR count). The van der Waals surface area contributed by atoms with Crippen LogP contribution in [0.5, 0.6) is 0 Å². The summed E-state index contributed by atoms with van der Waals surface area (Å²) < 4.78 is 33.7. The number of H-pyrrole nitrogens is 1. The van der Waals surface area contributed by atoms with Gasteiger partial charge in [0.2, 0.25) is 11.2 Å². The number of nitrogens with one attached hydrogen (secondary N) is 2. The number of aliphatic carboxylic acids is 1. The van der Waals surface area contributed by atoms with Gasteiger partial charge in [-0.3, -0.25) is 0 Å². The number of imidazole rings is 2. The van der Waals surface area contributed by atoms with Crippen molar-refractivity contribution in [2.75, 3.05) is 24.3 Å². The maximum Gasteiger partial charge on any atom is 0.490 e. The summed E-state index contributed by atoms with van der Waals surface area (Å²) in [5, 5.41) is 10.5. The van der Waals surface area contributed by atoms with Gasteiger partial charge in [0, 0.05) is 21.1 Å². The Hall–Kier alpha value is -3.09. The monoisotopic (exact) mass is 420 g/mol. The van der Waals surface area contributed by atoms with E-state index in [0.29, 0.717) is 18.0 Å². The van der Waals surface area contributed by atoms with Crippen LogP contribution in [0.4, 0.5) is 24.9 Å². The number of rotatable bonds is 4. The summed E-state index contributed by atoms with van der Waals surface area (Å²) in [6.07, 6.45) is -1.69. The van der Waals surface area contributed by atoms with Crippen molar-refractivity contribution in [2.24, 2.45) is 7.05 Å². The highest BCUT2D eigenvalue weighted by atomic mass is 35.5. The molecule has 0 spiro atoms. The van der Waals surface area contributed by atoms with Crippen molar-refractivity contribution in [3.05, 3.63) is 23.5 Å². The molecule has 28 heavy (non-hydrogen) atoms. The Kier molecular flexibility index (Phi) is 6.28. The zero-order chi connectivity index (χ0) is 21.1. The Morgan fingerprint density at radius 2 is 2.00 bits per heavy atom. The first kappa shape index (κ1) is 21.2. The van der Waals surface area contributed by atoms with Crippen molar-refractivity contribution < 1.29 is 23.1 Å². The first-order valence-electron chi connectivity index (χ1n) is 7.59. The van der Waals surface area contributed by atoms with Gasteiger partial charge < -0.3 is 24.9 Å². The summed E-state index contributed by atoms with van der Waals surface area (Å²) in [7, 11) is 5.88. The molecule has 0 atom stereocenters. The number of fused-ring (bicyclic) bond motifs is 1. The highest BCUT2D eigenvalue weighted by Crippen LogP contribution is 2.20. The van der Waals surface area contributed by atoms with Crippen LogP contribution < -0.4 is 10.2 Å². The van der Waals surface area contributed by atoms with Crippen LogP contribution in [0.3, 0.4) is 0 Å². The van der Waals surface area contributed by atoms with E-state index in [4.69, 9.17) is 21.5 Å². The van der Waals surface area contributed by atoms with E-state index in [1.54, 1.807) is 6.33 Å². The lowest BCUT2D eigenvalue weighted by Gasteiger charge is -2.13. The lowest BCUT2D eigenvalue weighted by molar-refractivity contribution is -0.192. The predicted molar refractivity (Wildman–Crippen MR) is 95.2 cm³/mol. The SMILES string of the molecule is CN(C)c1ncc(CNc2nc(Cl)nc3nc[nH]c23)n1C.O=C(O)C(F)(F)F. The smallest absolute Gasteiger partial charge is 0.475 e. The van der Waals surface area contributed by atoms with E-state index in [9.17, 15) is 13.2 Å². The van der Waals surface area contributed by atoms with Gasteiger partial charge >= 0.3 is 12.1 Å². The highest BCUT2D eigenvalue weighted by Gasteiger charge is 2.38. The first-order chi connectivity index (χ1) is 13.0. The van der Waals surface area contributed by atoms with Crippen LogP contribution in [0.1, 0.15) is 5.69 Å². The third-order valence-corrected chi connectivity index (χ3v) is 3.57. The largest absolute Gasteiger partial charge is 0.490 e. The fourth-order valence-electron chi connectivity index (χ4n) is 2.12. The Labute approximate surface area is 161 Å². The number of carboxylic acids is 1. The summed E-state index contributed by atoms with van der Waals surface area (Å²) in [5.74, 6) is -1.25. The van der Waals surface area contributed by atoms with Gasteiger partial charge in [0.1, 0.15) is 5.52 Å². The molecule has 0 aromatic carbocycles. The van der Waals surface area contributed by atoms with Crippen LogP contribution in [-0.2, 0) is 18.4 Å². The number of nitrogens with zero attached hydrogens (tertiary/aromatic N) is 6. The minimum absolute atomic E-state index is 0.163. The predicted octanol–water partition coefficient (Wildman–Crippen LogP) is 2.05. The second kappa shape index (κ2) is 8.29. The first-order valence-corrected chi connectivity index (χ1v) is 7.97. The molecular formula is C14H16ClF3N8O2. The van der Waals surface area contributed by atoms with E-state index < -0.39 is 12.1 Å². The summed E-state index contributed by atoms with van der Waals surface area (Å²) in [4.78, 5) is 30.5. The Morgan fingerprint density at radius 3 is 2.54 bits per heavy atom. The van der Waals surface area contributed by atoms with Gasteiger partial charge in [0.05, 0.1) is 24.8 Å². The lowest BCUT2D eigenvalue weighted by atomic mass is 10.4. The molecule has 3 heterocycles. The maximum atomic E-state index is 10.6. The molecule has 0 saturated heterocycles. The van der Waals surface area contributed by atoms with Crippen molar-refractivity contribution in [1.29, 1.82) is 0 Å². The molecule has 0 unspecified atom stereocenters. The van der Waals surface area contributed by atoms with Gasteiger partial charge in [-0.1, -0.05) is 0 Å². The van der Waals surface area contributed by atoms with E-state index in [-0.39, 0.29) is 5.28 Å². The zero-order valence-corrected chi connectivity index (χ0v) is 15.7. The van der Waals surface area contributed by atoms with Crippen LogP contribution >= 0.6 is 11.6 Å². The van der Waals surface area contributed by atoms with Gasteiger partial charge in [-0.05, 0) is 11.6 Å². The molecule has 0 bridgehead atoms. The van der Waals surface area contributed by atoms with E-state index in [1.807, 2.05) is 36.8 Å². The van der Waals surface area contributed by atoms with Gasteiger partial charge in [0.25, 0.3) is 0 Å². The lowest BCUT2D eigenvalue weighted by Crippen LogP contribution is -2.21. The number of hydrogen-bond donors (Lipinski definition) is 3. The van der Waals surface area contributed by atoms with Crippen LogP contribution in [0, 0.1) is 0 Å². The number of hydrogen-bond acceptors (Lipinski definition) is 7. The minimum Gasteiger partial charge on any atom is -0.475 e. The molecule has 3 N–H and O–H groups in total. The highest BCUT2D eigenvalue weighted by molar-refractivity contribution is 6.28. The third kappa shape index (κ3) is 5.00. The molecule has 0 saturated carbocycles. The topological polar surface area (TPSA) is 125 Å². The molecule has 152 valence electrons. The molecule has 3 aromatic heterocycles. The molecule has 0 aliphatic rings. The van der Waals surface area contributed by atoms with Crippen molar-refractivity contribution in [3.63, 3.8) is 0 Å². The fourth-order valence-corrected chi connectivity index (χ4v) is 2.29. The van der Waals surface area contributed by atoms with Crippen molar-refractivity contribution in [2.45, 2.75) is 12.7 Å². The molecule has 3 aromatic rings. The van der Waals surface area contributed by atoms with Gasteiger partial charge in [0.15, 0.2) is 11.5 Å². The van der Waals surface area contributed by atoms with Gasteiger partial charge in [-0.25, -0.2) is 14.8 Å². The standard InChI is InChI=1S/C12H15ClN8.C2HF3O2/c1-20(2)12-15-5-7(21(12)3)4-14-9-8-10(17-6-16-8)19-11(13)18-9;3-2(4,5)1(6)7/h5-6H,4H2,1-3H3,(H2,14,16,17,18,19);(H,6,7). The molecule has 0 amide bonds. The van der Waals surface area contributed by atoms with Crippen LogP contribution in [0.25, 0.3) is 11.2 Å². The Morgan fingerprint density at radius 1 is 1.36 bits per heavy atom. The number of carboxylic acid groups (broad SMARTS) is 1. The molecule has 0 aliphatic carbocycles. The zero-order valence-electron chi connectivity index (χ0n) is 14.9. The normalized spacial score (nSPS) is 11.1. The minimum atomic E-state index is -5.08. The summed E-state index contributed by atoms with van der Waals surface area (Å²) in [5.41, 5.74) is 2.30. The Balaban J connectivity index is 0.000000345. The second-order valence-corrected chi connectivity index (χ2v) is 5.94. The van der Waals surface area contributed by atoms with Crippen LogP contribution in [-0.4, -0.2) is 60.8 Å². The quantitative estimate of drug-likeness (QED) is 0.548. The second-order valence-electron chi connectivity index (χ2n) is 5.60. The van der Waals surface area contributed by atoms with Crippen molar-refractivity contribution in [3.8, 4) is 0 Å². The molecular weight excluding hydrogens is 405 g/mol. The molecule has 14 heteroatoms. The number of alkyl halides is 3. The van der Waals surface area contributed by atoms with Crippen molar-refractivity contribution >= 4 is 40.5 Å². The van der Waals surface area contributed by atoms with Crippen LogP contribution in [0.2, 0.25) is 5.28 Å². The number of halogens is 4. The number of aromatic nitrogens is 6. The number of anilines is 2. The number of carbonyl (C=O) groups is 1. The molecule has 0 aliphatic heterocycles. The summed E-state index contributed by atoms with van der Waals surface area (Å²) >= 11 is 5.90. The van der Waals surface area contributed by atoms with Gasteiger partial charge in [-0.15, -0.1) is 0 Å². The number of aromatic amines is 1. The average molecular weight is 421 g/mol. The summed E-state index contributed by atoms with van der Waals surface area (Å²) in [6.45, 7) is 0.568.